The molecular formula is C24H29F2N5O2S. The van der Waals surface area contributed by atoms with Crippen molar-refractivity contribution in [3.8, 4) is 0 Å². The highest BCUT2D eigenvalue weighted by atomic mass is 32.1. The van der Waals surface area contributed by atoms with Gasteiger partial charge in [0.2, 0.25) is 0 Å². The first-order valence-corrected chi connectivity index (χ1v) is 12.2. The van der Waals surface area contributed by atoms with Gasteiger partial charge in [-0.3, -0.25) is 4.79 Å². The number of hydrogen-bond acceptors (Lipinski definition) is 7. The Labute approximate surface area is 201 Å². The minimum Gasteiger partial charge on any atom is -0.387 e. The number of nitrogens with zero attached hydrogens (tertiary/aromatic N) is 2. The normalized spacial score (nSPS) is 19.6. The summed E-state index contributed by atoms with van der Waals surface area (Å²) in [6.45, 7) is 2.35. The van der Waals surface area contributed by atoms with E-state index in [9.17, 15) is 18.7 Å². The van der Waals surface area contributed by atoms with Crippen molar-refractivity contribution in [3.05, 3.63) is 41.5 Å². The lowest BCUT2D eigenvalue weighted by molar-refractivity contribution is -0.00177. The fourth-order valence-electron chi connectivity index (χ4n) is 3.91. The number of pyridine rings is 1. The van der Waals surface area contributed by atoms with E-state index in [0.717, 1.165) is 28.7 Å². The molecule has 7 nitrogen and oxygen atoms in total. The Morgan fingerprint density at radius 1 is 1.29 bits per heavy atom. The lowest BCUT2D eigenvalue weighted by Crippen LogP contribution is -2.42. The summed E-state index contributed by atoms with van der Waals surface area (Å²) in [5.41, 5.74) is 2.66. The third-order valence-electron chi connectivity index (χ3n) is 5.93. The quantitative estimate of drug-likeness (QED) is 0.357. The van der Waals surface area contributed by atoms with Gasteiger partial charge >= 0.3 is 0 Å². The number of aromatic nitrogens is 2. The molecule has 0 bridgehead atoms. The van der Waals surface area contributed by atoms with E-state index in [4.69, 9.17) is 0 Å². The van der Waals surface area contributed by atoms with Crippen molar-refractivity contribution in [1.29, 1.82) is 0 Å². The number of anilines is 3. The Bertz CT molecular complexity index is 1150. The van der Waals surface area contributed by atoms with Crippen molar-refractivity contribution in [2.75, 3.05) is 17.2 Å². The number of amides is 1. The lowest BCUT2D eigenvalue weighted by atomic mass is 9.93. The highest BCUT2D eigenvalue weighted by Gasteiger charge is 2.28. The molecule has 3 unspecified atom stereocenters. The number of halogens is 2. The van der Waals surface area contributed by atoms with Gasteiger partial charge in [0.15, 0.2) is 0 Å². The standard InChI is InChI=1S/C24H29F2N5O2S/c1-24(2,33)21(26)12-28-23(32)17-11-27-22(10-19(17)30-15-5-3-4-14(25)8-15)31-16-6-7-18-20(9-16)34-13-29-18/h6-7,9-11,13-15,21,33H,3-5,8,12H2,1-2H3,(H,28,32)(H2,27,30,31). The zero-order chi connectivity index (χ0) is 24.3. The summed E-state index contributed by atoms with van der Waals surface area (Å²) in [6, 6.07) is 7.36. The van der Waals surface area contributed by atoms with Crippen molar-refractivity contribution in [1.82, 2.24) is 15.3 Å². The molecule has 1 aromatic carbocycles. The van der Waals surface area contributed by atoms with Crippen LogP contribution in [-0.4, -0.2) is 51.5 Å². The van der Waals surface area contributed by atoms with Crippen molar-refractivity contribution in [2.45, 2.75) is 63.5 Å². The number of hydrogen-bond donors (Lipinski definition) is 4. The van der Waals surface area contributed by atoms with Crippen LogP contribution in [0.3, 0.4) is 0 Å². The number of rotatable bonds is 8. The second-order valence-electron chi connectivity index (χ2n) is 9.21. The van der Waals surface area contributed by atoms with E-state index in [0.29, 0.717) is 24.3 Å². The summed E-state index contributed by atoms with van der Waals surface area (Å²) in [7, 11) is 0. The van der Waals surface area contributed by atoms with Crippen LogP contribution >= 0.6 is 11.3 Å². The zero-order valence-electron chi connectivity index (χ0n) is 19.1. The van der Waals surface area contributed by atoms with Gasteiger partial charge in [0.25, 0.3) is 5.91 Å². The van der Waals surface area contributed by atoms with Gasteiger partial charge in [-0.05, 0) is 57.7 Å². The summed E-state index contributed by atoms with van der Waals surface area (Å²) >= 11 is 1.53. The summed E-state index contributed by atoms with van der Waals surface area (Å²) < 4.78 is 29.1. The smallest absolute Gasteiger partial charge is 0.255 e. The average molecular weight is 490 g/mol. The Morgan fingerprint density at radius 3 is 2.88 bits per heavy atom. The fraction of sp³-hybridized carbons (Fsp3) is 0.458. The highest BCUT2D eigenvalue weighted by molar-refractivity contribution is 7.16. The maximum atomic E-state index is 14.1. The maximum Gasteiger partial charge on any atom is 0.255 e. The molecule has 4 N–H and O–H groups in total. The number of carbonyl (C=O) groups excluding carboxylic acids is 1. The number of carbonyl (C=O) groups is 1. The molecule has 1 saturated carbocycles. The SMILES string of the molecule is CC(C)(O)C(F)CNC(=O)c1cnc(Nc2ccc3ncsc3c2)cc1NC1CCCC(F)C1. The van der Waals surface area contributed by atoms with Crippen LogP contribution in [0.25, 0.3) is 10.2 Å². The third-order valence-corrected chi connectivity index (χ3v) is 6.72. The summed E-state index contributed by atoms with van der Waals surface area (Å²) in [5, 5.41) is 18.9. The highest BCUT2D eigenvalue weighted by Crippen LogP contribution is 2.29. The molecule has 3 aromatic rings. The molecule has 1 aliphatic rings. The zero-order valence-corrected chi connectivity index (χ0v) is 20.0. The van der Waals surface area contributed by atoms with E-state index in [1.165, 1.54) is 31.4 Å². The molecule has 0 aliphatic heterocycles. The molecule has 182 valence electrons. The molecule has 1 amide bonds. The van der Waals surface area contributed by atoms with E-state index in [-0.39, 0.29) is 18.2 Å². The molecule has 0 saturated heterocycles. The van der Waals surface area contributed by atoms with Crippen molar-refractivity contribution >= 4 is 44.7 Å². The van der Waals surface area contributed by atoms with Gasteiger partial charge in [0.1, 0.15) is 18.2 Å². The topological polar surface area (TPSA) is 99.2 Å². The molecule has 2 aromatic heterocycles. The Morgan fingerprint density at radius 2 is 2.12 bits per heavy atom. The number of fused-ring (bicyclic) bond motifs is 1. The van der Waals surface area contributed by atoms with Gasteiger partial charge in [-0.2, -0.15) is 0 Å². The van der Waals surface area contributed by atoms with Gasteiger partial charge in [0, 0.05) is 24.0 Å². The summed E-state index contributed by atoms with van der Waals surface area (Å²) in [5.74, 6) is -0.0116. The van der Waals surface area contributed by atoms with Gasteiger partial charge in [-0.15, -0.1) is 11.3 Å². The molecule has 1 aliphatic carbocycles. The number of aliphatic hydroxyl groups is 1. The average Bonchev–Trinajstić information content (AvgIpc) is 3.25. The lowest BCUT2D eigenvalue weighted by Gasteiger charge is -2.27. The molecular weight excluding hydrogens is 460 g/mol. The van der Waals surface area contributed by atoms with E-state index in [1.54, 1.807) is 11.6 Å². The summed E-state index contributed by atoms with van der Waals surface area (Å²) in [4.78, 5) is 21.5. The number of nitrogens with one attached hydrogen (secondary N) is 3. The first-order chi connectivity index (χ1) is 16.2. The number of thiazole rings is 1. The van der Waals surface area contributed by atoms with Gasteiger partial charge in [-0.25, -0.2) is 18.7 Å². The van der Waals surface area contributed by atoms with Crippen LogP contribution in [0.5, 0.6) is 0 Å². The largest absolute Gasteiger partial charge is 0.387 e. The van der Waals surface area contributed by atoms with Crippen LogP contribution in [0.15, 0.2) is 36.0 Å². The van der Waals surface area contributed by atoms with E-state index >= 15 is 0 Å². The predicted octanol–water partition coefficient (Wildman–Crippen LogP) is 4.97. The van der Waals surface area contributed by atoms with Crippen LogP contribution in [0.1, 0.15) is 49.9 Å². The fourth-order valence-corrected chi connectivity index (χ4v) is 4.63. The second-order valence-corrected chi connectivity index (χ2v) is 10.1. The van der Waals surface area contributed by atoms with Crippen molar-refractivity contribution < 1.29 is 18.7 Å². The first kappa shape index (κ1) is 24.3. The van der Waals surface area contributed by atoms with E-state index < -0.39 is 23.9 Å². The monoisotopic (exact) mass is 489 g/mol. The summed E-state index contributed by atoms with van der Waals surface area (Å²) in [6.07, 6.45) is 1.36. The van der Waals surface area contributed by atoms with Crippen molar-refractivity contribution in [2.24, 2.45) is 0 Å². The Kier molecular flexibility index (Phi) is 7.27. The van der Waals surface area contributed by atoms with Gasteiger partial charge in [0.05, 0.1) is 39.1 Å². The Hall–Kier alpha value is -2.85. The van der Waals surface area contributed by atoms with Crippen LogP contribution in [0, 0.1) is 0 Å². The molecule has 2 heterocycles. The number of benzene rings is 1. The second kappa shape index (κ2) is 10.2. The minimum atomic E-state index is -1.63. The molecule has 34 heavy (non-hydrogen) atoms. The third kappa shape index (κ3) is 5.98. The van der Waals surface area contributed by atoms with Gasteiger partial charge in [-0.1, -0.05) is 0 Å². The van der Waals surface area contributed by atoms with E-state index in [1.807, 2.05) is 18.2 Å². The molecule has 1 fully saturated rings. The Balaban J connectivity index is 1.55. The van der Waals surface area contributed by atoms with E-state index in [2.05, 4.69) is 25.9 Å². The molecule has 10 heteroatoms. The maximum absolute atomic E-state index is 14.1. The van der Waals surface area contributed by atoms with Crippen molar-refractivity contribution in [3.63, 3.8) is 0 Å². The molecule has 4 rings (SSSR count). The van der Waals surface area contributed by atoms with Crippen LogP contribution in [0.4, 0.5) is 26.0 Å². The van der Waals surface area contributed by atoms with Crippen LogP contribution < -0.4 is 16.0 Å². The van der Waals surface area contributed by atoms with Crippen LogP contribution in [0.2, 0.25) is 0 Å². The molecule has 0 radical (unpaired) electrons. The molecule has 0 spiro atoms. The number of alkyl halides is 2. The van der Waals surface area contributed by atoms with Crippen LogP contribution in [-0.2, 0) is 0 Å². The predicted molar refractivity (Wildman–Crippen MR) is 131 cm³/mol. The van der Waals surface area contributed by atoms with Gasteiger partial charge < -0.3 is 21.1 Å². The minimum absolute atomic E-state index is 0.121. The molecule has 3 atom stereocenters. The first-order valence-electron chi connectivity index (χ1n) is 11.3.